The molecule has 0 unspecified atom stereocenters. The predicted molar refractivity (Wildman–Crippen MR) is 109 cm³/mol. The summed E-state index contributed by atoms with van der Waals surface area (Å²) >= 11 is 0. The van der Waals surface area contributed by atoms with Crippen LogP contribution >= 0.6 is 0 Å². The number of hydrogen-bond donors (Lipinski definition) is 2. The Morgan fingerprint density at radius 3 is 2.97 bits per heavy atom. The van der Waals surface area contributed by atoms with Crippen LogP contribution in [0.3, 0.4) is 0 Å². The summed E-state index contributed by atoms with van der Waals surface area (Å²) in [4.78, 5) is 15.2. The van der Waals surface area contributed by atoms with Gasteiger partial charge in [0.2, 0.25) is 0 Å². The van der Waals surface area contributed by atoms with Gasteiger partial charge in [0.05, 0.1) is 30.9 Å². The van der Waals surface area contributed by atoms with Gasteiger partial charge in [-0.1, -0.05) is 0 Å². The van der Waals surface area contributed by atoms with Gasteiger partial charge in [-0.25, -0.2) is 0 Å². The Labute approximate surface area is 170 Å². The first-order valence-electron chi connectivity index (χ1n) is 10.6. The molecule has 1 aliphatic carbocycles. The number of nitrogens with zero attached hydrogens (tertiary/aromatic N) is 1. The van der Waals surface area contributed by atoms with E-state index in [0.29, 0.717) is 26.2 Å². The molecule has 1 aliphatic heterocycles. The highest BCUT2D eigenvalue weighted by molar-refractivity contribution is 5.86. The monoisotopic (exact) mass is 402 g/mol. The fraction of sp³-hybridized carbons (Fsp3) is 0.591. The first-order chi connectivity index (χ1) is 14.2. The van der Waals surface area contributed by atoms with Crippen LogP contribution in [0.15, 0.2) is 28.9 Å². The summed E-state index contributed by atoms with van der Waals surface area (Å²) in [6, 6.07) is 6.09. The van der Waals surface area contributed by atoms with Gasteiger partial charge < -0.3 is 29.2 Å². The second kappa shape index (κ2) is 9.15. The van der Waals surface area contributed by atoms with E-state index in [1.165, 1.54) is 0 Å². The van der Waals surface area contributed by atoms with Crippen LogP contribution in [-0.4, -0.2) is 61.0 Å². The van der Waals surface area contributed by atoms with Crippen molar-refractivity contribution in [2.24, 2.45) is 0 Å². The van der Waals surface area contributed by atoms with Crippen molar-refractivity contribution < 1.29 is 23.8 Å². The zero-order valence-electron chi connectivity index (χ0n) is 16.9. The third-order valence-electron chi connectivity index (χ3n) is 5.66. The summed E-state index contributed by atoms with van der Waals surface area (Å²) < 4.78 is 17.4. The summed E-state index contributed by atoms with van der Waals surface area (Å²) in [5.41, 5.74) is 1.75. The molecule has 158 valence electrons. The molecule has 1 saturated carbocycles. The molecule has 2 aliphatic rings. The van der Waals surface area contributed by atoms with Gasteiger partial charge in [0.25, 0.3) is 5.91 Å². The number of nitrogens with one attached hydrogen (secondary N) is 1. The minimum Gasteiger partial charge on any atom is -0.493 e. The van der Waals surface area contributed by atoms with Crippen LogP contribution in [0.25, 0.3) is 11.0 Å². The van der Waals surface area contributed by atoms with Crippen molar-refractivity contribution in [3.8, 4) is 5.75 Å². The maximum atomic E-state index is 13.2. The van der Waals surface area contributed by atoms with Crippen LogP contribution in [0.4, 0.5) is 0 Å². The molecule has 4 rings (SSSR count). The minimum absolute atomic E-state index is 0.0529. The summed E-state index contributed by atoms with van der Waals surface area (Å²) in [6.45, 7) is 4.67. The summed E-state index contributed by atoms with van der Waals surface area (Å²) in [5, 5.41) is 13.1. The number of fused-ring (bicyclic) bond motifs is 1. The predicted octanol–water partition coefficient (Wildman–Crippen LogP) is 2.62. The molecule has 2 aromatic rings. The number of aliphatic hydroxyl groups is 1. The molecule has 0 bridgehead atoms. The molecule has 7 heteroatoms. The van der Waals surface area contributed by atoms with Gasteiger partial charge in [-0.3, -0.25) is 4.79 Å². The molecule has 1 amide bonds. The van der Waals surface area contributed by atoms with E-state index in [4.69, 9.17) is 19.0 Å². The molecule has 7 nitrogen and oxygen atoms in total. The molecule has 29 heavy (non-hydrogen) atoms. The van der Waals surface area contributed by atoms with Crippen LogP contribution in [0, 0.1) is 0 Å². The Bertz CT molecular complexity index is 826. The quantitative estimate of drug-likeness (QED) is 0.628. The Morgan fingerprint density at radius 1 is 1.38 bits per heavy atom. The number of ether oxygens (including phenoxy) is 2. The molecule has 2 fully saturated rings. The lowest BCUT2D eigenvalue weighted by atomic mass is 10.0. The fourth-order valence-electron chi connectivity index (χ4n) is 3.91. The highest BCUT2D eigenvalue weighted by Gasteiger charge is 2.40. The smallest absolute Gasteiger partial charge is 0.253 e. The first kappa shape index (κ1) is 20.2. The number of aliphatic hydroxyl groups excluding tert-OH is 1. The molecule has 2 atom stereocenters. The average Bonchev–Trinajstić information content (AvgIpc) is 3.46. The van der Waals surface area contributed by atoms with Crippen molar-refractivity contribution in [2.75, 3.05) is 32.9 Å². The maximum Gasteiger partial charge on any atom is 0.253 e. The van der Waals surface area contributed by atoms with Crippen molar-refractivity contribution in [2.45, 2.75) is 50.8 Å². The number of unbranched alkanes of at least 4 members (excludes halogenated alkanes) is 1. The van der Waals surface area contributed by atoms with Crippen LogP contribution in [-0.2, 0) is 9.53 Å². The number of hydrogen-bond acceptors (Lipinski definition) is 6. The van der Waals surface area contributed by atoms with Gasteiger partial charge in [-0.15, -0.1) is 0 Å². The molecule has 0 spiro atoms. The van der Waals surface area contributed by atoms with Gasteiger partial charge in [0.1, 0.15) is 17.4 Å². The SMILES string of the molecule is C[C@H](c1cc(OCCCCO)c2ccoc2c1)N(C(=O)[C@H]1CNCCO1)C1CC1. The van der Waals surface area contributed by atoms with Crippen molar-refractivity contribution in [1.82, 2.24) is 10.2 Å². The zero-order valence-corrected chi connectivity index (χ0v) is 16.9. The standard InChI is InChI=1S/C22H30N2O5/c1-15(24(17-4-5-17)22(26)21-14-23-7-11-29-21)16-12-19(27-9-3-2-8-25)18-6-10-28-20(18)13-16/h6,10,12-13,15,17,21,23,25H,2-5,7-9,11,14H2,1H3/t15-,21-/m1/s1. The number of carbonyl (C=O) groups excluding carboxylic acids is 1. The highest BCUT2D eigenvalue weighted by atomic mass is 16.5. The summed E-state index contributed by atoms with van der Waals surface area (Å²) in [6.07, 6.45) is 4.80. The van der Waals surface area contributed by atoms with Crippen molar-refractivity contribution >= 4 is 16.9 Å². The molecular formula is C22H30N2O5. The van der Waals surface area contributed by atoms with E-state index < -0.39 is 6.10 Å². The average molecular weight is 402 g/mol. The van der Waals surface area contributed by atoms with Crippen molar-refractivity contribution in [3.63, 3.8) is 0 Å². The van der Waals surface area contributed by atoms with E-state index in [1.807, 2.05) is 23.1 Å². The molecule has 1 aromatic carbocycles. The number of carbonyl (C=O) groups is 1. The van der Waals surface area contributed by atoms with Gasteiger partial charge in [0.15, 0.2) is 0 Å². The van der Waals surface area contributed by atoms with Crippen LogP contribution in [0.2, 0.25) is 0 Å². The molecule has 1 aromatic heterocycles. The minimum atomic E-state index is -0.423. The van der Waals surface area contributed by atoms with E-state index in [-0.39, 0.29) is 24.6 Å². The first-order valence-corrected chi connectivity index (χ1v) is 10.6. The van der Waals surface area contributed by atoms with Crippen molar-refractivity contribution in [1.29, 1.82) is 0 Å². The second-order valence-electron chi connectivity index (χ2n) is 7.85. The lowest BCUT2D eigenvalue weighted by Crippen LogP contribution is -2.50. The Morgan fingerprint density at radius 2 is 2.24 bits per heavy atom. The second-order valence-corrected chi connectivity index (χ2v) is 7.85. The Hall–Kier alpha value is -2.09. The van der Waals surface area contributed by atoms with Crippen LogP contribution in [0.5, 0.6) is 5.75 Å². The molecule has 2 heterocycles. The van der Waals surface area contributed by atoms with Gasteiger partial charge >= 0.3 is 0 Å². The topological polar surface area (TPSA) is 84.2 Å². The van der Waals surface area contributed by atoms with E-state index >= 15 is 0 Å². The van der Waals surface area contributed by atoms with Gasteiger partial charge in [0, 0.05) is 25.7 Å². The number of rotatable bonds is 9. The van der Waals surface area contributed by atoms with Gasteiger partial charge in [-0.05, 0) is 56.4 Å². The fourth-order valence-corrected chi connectivity index (χ4v) is 3.91. The van der Waals surface area contributed by atoms with Crippen LogP contribution < -0.4 is 10.1 Å². The number of morpholine rings is 1. The number of benzene rings is 1. The van der Waals surface area contributed by atoms with Crippen LogP contribution in [0.1, 0.15) is 44.2 Å². The normalized spacial score (nSPS) is 20.6. The molecule has 0 radical (unpaired) electrons. The Kier molecular flexibility index (Phi) is 6.37. The zero-order chi connectivity index (χ0) is 20.2. The number of furan rings is 1. The van der Waals surface area contributed by atoms with Gasteiger partial charge in [-0.2, -0.15) is 0 Å². The van der Waals surface area contributed by atoms with E-state index in [2.05, 4.69) is 12.2 Å². The summed E-state index contributed by atoms with van der Waals surface area (Å²) in [5.74, 6) is 0.812. The van der Waals surface area contributed by atoms with E-state index in [9.17, 15) is 4.79 Å². The third kappa shape index (κ3) is 4.57. The highest BCUT2D eigenvalue weighted by Crippen LogP contribution is 2.38. The third-order valence-corrected chi connectivity index (χ3v) is 5.66. The lowest BCUT2D eigenvalue weighted by Gasteiger charge is -2.34. The van der Waals surface area contributed by atoms with E-state index in [1.54, 1.807) is 6.26 Å². The number of amides is 1. The lowest BCUT2D eigenvalue weighted by molar-refractivity contribution is -0.148. The molecule has 2 N–H and O–H groups in total. The largest absolute Gasteiger partial charge is 0.493 e. The summed E-state index contributed by atoms with van der Waals surface area (Å²) in [7, 11) is 0. The molecule has 1 saturated heterocycles. The van der Waals surface area contributed by atoms with E-state index in [0.717, 1.165) is 48.1 Å². The maximum absolute atomic E-state index is 13.2. The molecular weight excluding hydrogens is 372 g/mol. The van der Waals surface area contributed by atoms with Crippen molar-refractivity contribution in [3.05, 3.63) is 30.0 Å². The Balaban J connectivity index is 1.57.